The van der Waals surface area contributed by atoms with Gasteiger partial charge in [-0.15, -0.1) is 0 Å². The summed E-state index contributed by atoms with van der Waals surface area (Å²) in [6.45, 7) is 10.5. The van der Waals surface area contributed by atoms with Gasteiger partial charge in [-0.25, -0.2) is 0 Å². The number of hydrogen-bond acceptors (Lipinski definition) is 5. The maximum atomic E-state index is 12.2. The molecule has 1 aromatic heterocycles. The van der Waals surface area contributed by atoms with Gasteiger partial charge in [0, 0.05) is 37.9 Å². The molecule has 0 radical (unpaired) electrons. The number of carbonyl (C=O) groups is 2. The molecule has 1 aromatic rings. The van der Waals surface area contributed by atoms with E-state index < -0.39 is 0 Å². The summed E-state index contributed by atoms with van der Waals surface area (Å²) in [6, 6.07) is 2.04. The third-order valence-corrected chi connectivity index (χ3v) is 4.80. The Hall–Kier alpha value is -1.89. The van der Waals surface area contributed by atoms with Gasteiger partial charge in [0.05, 0.1) is 5.69 Å². The van der Waals surface area contributed by atoms with E-state index in [4.69, 9.17) is 4.52 Å². The van der Waals surface area contributed by atoms with E-state index in [9.17, 15) is 9.59 Å². The maximum Gasteiger partial charge on any atom is 0.220 e. The van der Waals surface area contributed by atoms with E-state index in [0.717, 1.165) is 37.4 Å². The first-order valence-electron chi connectivity index (χ1n) is 9.43. The van der Waals surface area contributed by atoms with Crippen LogP contribution < -0.4 is 16.0 Å². The Bertz CT molecular complexity index is 606. The zero-order chi connectivity index (χ0) is 19.2. The fraction of sp³-hybridized carbons (Fsp3) is 0.737. The van der Waals surface area contributed by atoms with Gasteiger partial charge in [0.15, 0.2) is 0 Å². The topological polar surface area (TPSA) is 96.3 Å². The lowest BCUT2D eigenvalue weighted by Gasteiger charge is -2.31. The van der Waals surface area contributed by atoms with Crippen molar-refractivity contribution in [2.45, 2.75) is 52.4 Å². The Kier molecular flexibility index (Phi) is 7.20. The van der Waals surface area contributed by atoms with Gasteiger partial charge in [0.2, 0.25) is 11.8 Å². The number of nitrogens with one attached hydrogen (secondary N) is 3. The third kappa shape index (κ3) is 6.44. The summed E-state index contributed by atoms with van der Waals surface area (Å²) >= 11 is 0. The first kappa shape index (κ1) is 20.4. The minimum Gasteiger partial charge on any atom is -0.361 e. The number of aromatic nitrogens is 1. The summed E-state index contributed by atoms with van der Waals surface area (Å²) < 4.78 is 5.49. The van der Waals surface area contributed by atoms with Crippen molar-refractivity contribution < 1.29 is 14.1 Å². The highest BCUT2D eigenvalue weighted by atomic mass is 16.5. The largest absolute Gasteiger partial charge is 0.361 e. The highest BCUT2D eigenvalue weighted by Crippen LogP contribution is 2.28. The average Bonchev–Trinajstić information content (AvgIpc) is 3.02. The fourth-order valence-corrected chi connectivity index (χ4v) is 3.27. The van der Waals surface area contributed by atoms with E-state index in [2.05, 4.69) is 41.9 Å². The van der Waals surface area contributed by atoms with E-state index in [1.165, 1.54) is 6.92 Å². The van der Waals surface area contributed by atoms with E-state index in [1.54, 1.807) is 0 Å². The Labute approximate surface area is 155 Å². The third-order valence-electron chi connectivity index (χ3n) is 4.80. The van der Waals surface area contributed by atoms with Crippen molar-refractivity contribution in [2.75, 3.05) is 26.2 Å². The highest BCUT2D eigenvalue weighted by molar-refractivity contribution is 5.76. The molecular weight excluding hydrogens is 332 g/mol. The summed E-state index contributed by atoms with van der Waals surface area (Å²) in [5, 5.41) is 13.2. The van der Waals surface area contributed by atoms with Crippen molar-refractivity contribution in [1.29, 1.82) is 0 Å². The molecule has 2 amide bonds. The van der Waals surface area contributed by atoms with Crippen LogP contribution in [0.3, 0.4) is 0 Å². The molecule has 2 unspecified atom stereocenters. The molecule has 1 fully saturated rings. The Morgan fingerprint density at radius 1 is 1.27 bits per heavy atom. The minimum absolute atomic E-state index is 0.0442. The molecule has 26 heavy (non-hydrogen) atoms. The normalized spacial score (nSPS) is 20.6. The second-order valence-electron chi connectivity index (χ2n) is 8.19. The van der Waals surface area contributed by atoms with Crippen LogP contribution in [-0.4, -0.2) is 43.2 Å². The van der Waals surface area contributed by atoms with E-state index in [-0.39, 0.29) is 17.2 Å². The SMILES string of the molecule is CC(=O)NCCNC(=O)CC1CCNCC1Cc1cc(C(C)(C)C)on1. The molecule has 3 N–H and O–H groups in total. The van der Waals surface area contributed by atoms with Crippen LogP contribution in [0.2, 0.25) is 0 Å². The van der Waals surface area contributed by atoms with Crippen LogP contribution in [0, 0.1) is 11.8 Å². The van der Waals surface area contributed by atoms with Crippen LogP contribution >= 0.6 is 0 Å². The fourth-order valence-electron chi connectivity index (χ4n) is 3.27. The van der Waals surface area contributed by atoms with Crippen LogP contribution in [0.25, 0.3) is 0 Å². The molecule has 1 aliphatic heterocycles. The lowest BCUT2D eigenvalue weighted by molar-refractivity contribution is -0.123. The number of amides is 2. The molecule has 0 aliphatic carbocycles. The predicted octanol–water partition coefficient (Wildman–Crippen LogP) is 1.38. The Morgan fingerprint density at radius 3 is 2.65 bits per heavy atom. The summed E-state index contributed by atoms with van der Waals surface area (Å²) in [6.07, 6.45) is 2.31. The molecule has 0 aromatic carbocycles. The van der Waals surface area contributed by atoms with Crippen LogP contribution in [0.4, 0.5) is 0 Å². The van der Waals surface area contributed by atoms with Gasteiger partial charge in [0.25, 0.3) is 0 Å². The molecule has 2 rings (SSSR count). The van der Waals surface area contributed by atoms with Crippen LogP contribution in [0.15, 0.2) is 10.6 Å². The molecule has 0 bridgehead atoms. The summed E-state index contributed by atoms with van der Waals surface area (Å²) in [5.74, 6) is 1.54. The lowest BCUT2D eigenvalue weighted by Crippen LogP contribution is -2.41. The summed E-state index contributed by atoms with van der Waals surface area (Å²) in [7, 11) is 0. The van der Waals surface area contributed by atoms with Gasteiger partial charge >= 0.3 is 0 Å². The van der Waals surface area contributed by atoms with Gasteiger partial charge in [-0.2, -0.15) is 0 Å². The van der Waals surface area contributed by atoms with E-state index in [0.29, 0.717) is 31.3 Å². The van der Waals surface area contributed by atoms with Crippen LogP contribution in [0.1, 0.15) is 52.0 Å². The van der Waals surface area contributed by atoms with Gasteiger partial charge < -0.3 is 20.5 Å². The van der Waals surface area contributed by atoms with Gasteiger partial charge in [-0.3, -0.25) is 9.59 Å². The summed E-state index contributed by atoms with van der Waals surface area (Å²) in [4.78, 5) is 23.1. The van der Waals surface area contributed by atoms with Crippen molar-refractivity contribution in [3.63, 3.8) is 0 Å². The first-order chi connectivity index (χ1) is 12.3. The van der Waals surface area contributed by atoms with Crippen LogP contribution in [-0.2, 0) is 21.4 Å². The monoisotopic (exact) mass is 364 g/mol. The standard InChI is InChI=1S/C19H32N4O3/c1-13(24)21-7-8-22-18(25)10-14-5-6-20-12-15(14)9-16-11-17(26-23-16)19(2,3)4/h11,14-15,20H,5-10,12H2,1-4H3,(H,21,24)(H,22,25). The molecular formula is C19H32N4O3. The molecule has 1 aliphatic rings. The van der Waals surface area contributed by atoms with Gasteiger partial charge in [-0.05, 0) is 37.8 Å². The molecule has 2 heterocycles. The predicted molar refractivity (Wildman–Crippen MR) is 99.7 cm³/mol. The number of rotatable bonds is 7. The smallest absolute Gasteiger partial charge is 0.220 e. The van der Waals surface area contributed by atoms with E-state index >= 15 is 0 Å². The number of piperidine rings is 1. The number of hydrogen-bond donors (Lipinski definition) is 3. The van der Waals surface area contributed by atoms with Gasteiger partial charge in [0.1, 0.15) is 5.76 Å². The lowest BCUT2D eigenvalue weighted by atomic mass is 9.81. The molecule has 7 heteroatoms. The second kappa shape index (κ2) is 9.16. The average molecular weight is 364 g/mol. The van der Waals surface area contributed by atoms with Crippen molar-refractivity contribution in [3.8, 4) is 0 Å². The molecule has 146 valence electrons. The molecule has 7 nitrogen and oxygen atoms in total. The Balaban J connectivity index is 1.85. The number of nitrogens with zero attached hydrogens (tertiary/aromatic N) is 1. The minimum atomic E-state index is -0.0834. The molecule has 1 saturated heterocycles. The van der Waals surface area contributed by atoms with Gasteiger partial charge in [-0.1, -0.05) is 25.9 Å². The maximum absolute atomic E-state index is 12.2. The highest BCUT2D eigenvalue weighted by Gasteiger charge is 2.29. The van der Waals surface area contributed by atoms with Crippen LogP contribution in [0.5, 0.6) is 0 Å². The molecule has 2 atom stereocenters. The molecule has 0 saturated carbocycles. The summed E-state index contributed by atoms with van der Waals surface area (Å²) in [5.41, 5.74) is 0.906. The quantitative estimate of drug-likeness (QED) is 0.635. The zero-order valence-corrected chi connectivity index (χ0v) is 16.4. The Morgan fingerprint density at radius 2 is 2.00 bits per heavy atom. The van der Waals surface area contributed by atoms with Crippen molar-refractivity contribution in [2.24, 2.45) is 11.8 Å². The van der Waals surface area contributed by atoms with Crippen molar-refractivity contribution in [1.82, 2.24) is 21.1 Å². The number of carbonyl (C=O) groups excluding carboxylic acids is 2. The zero-order valence-electron chi connectivity index (χ0n) is 16.4. The molecule has 0 spiro atoms. The first-order valence-corrected chi connectivity index (χ1v) is 9.43. The second-order valence-corrected chi connectivity index (χ2v) is 8.19. The van der Waals surface area contributed by atoms with Crippen molar-refractivity contribution >= 4 is 11.8 Å². The van der Waals surface area contributed by atoms with E-state index in [1.807, 2.05) is 6.07 Å². The van der Waals surface area contributed by atoms with Crippen molar-refractivity contribution in [3.05, 3.63) is 17.5 Å².